The molecule has 0 fully saturated rings. The highest BCUT2D eigenvalue weighted by atomic mass is 35.5. The molecule has 3 aromatic rings. The Morgan fingerprint density at radius 2 is 1.61 bits per heavy atom. The van der Waals surface area contributed by atoms with Crippen LogP contribution < -0.4 is 10.0 Å². The third-order valence-corrected chi connectivity index (χ3v) is 6.40. The van der Waals surface area contributed by atoms with E-state index in [1.165, 1.54) is 0 Å². The van der Waals surface area contributed by atoms with Crippen LogP contribution in [0.5, 0.6) is 0 Å². The average Bonchev–Trinajstić information content (AvgIpc) is 2.78. The molecule has 0 bridgehead atoms. The highest BCUT2D eigenvalue weighted by Crippen LogP contribution is 2.23. The molecule has 0 aliphatic heterocycles. The Bertz CT molecular complexity index is 1190. The van der Waals surface area contributed by atoms with Crippen molar-refractivity contribution in [1.29, 1.82) is 0 Å². The summed E-state index contributed by atoms with van der Waals surface area (Å²) in [4.78, 5) is 25.1. The van der Waals surface area contributed by atoms with Gasteiger partial charge in [-0.25, -0.2) is 9.00 Å². The quantitative estimate of drug-likeness (QED) is 0.368. The minimum Gasteiger partial charge on any atom is -0.444 e. The summed E-state index contributed by atoms with van der Waals surface area (Å²) in [6.45, 7) is 5.32. The molecule has 0 heterocycles. The smallest absolute Gasteiger partial charge is 0.407 e. The summed E-state index contributed by atoms with van der Waals surface area (Å²) in [7, 11) is -1.57. The summed E-state index contributed by atoms with van der Waals surface area (Å²) < 4.78 is 20.3. The van der Waals surface area contributed by atoms with Crippen molar-refractivity contribution < 1.29 is 18.5 Å². The Balaban J connectivity index is 1.67. The van der Waals surface area contributed by atoms with E-state index in [1.54, 1.807) is 20.8 Å². The molecule has 1 unspecified atom stereocenters. The van der Waals surface area contributed by atoms with Gasteiger partial charge in [-0.2, -0.15) is 0 Å². The Labute approximate surface area is 220 Å². The number of rotatable bonds is 9. The lowest BCUT2D eigenvalue weighted by atomic mass is 9.99. The summed E-state index contributed by atoms with van der Waals surface area (Å²) in [6.07, 6.45) is -0.259. The zero-order valence-electron chi connectivity index (χ0n) is 20.6. The van der Waals surface area contributed by atoms with Gasteiger partial charge in [0, 0.05) is 17.5 Å². The Morgan fingerprint density at radius 3 is 2.25 bits per heavy atom. The Kier molecular flexibility index (Phi) is 9.67. The molecule has 2 atom stereocenters. The van der Waals surface area contributed by atoms with Crippen molar-refractivity contribution in [1.82, 2.24) is 10.0 Å². The zero-order chi connectivity index (χ0) is 26.1. The van der Waals surface area contributed by atoms with Crippen LogP contribution in [-0.2, 0) is 32.7 Å². The van der Waals surface area contributed by atoms with E-state index in [9.17, 15) is 13.8 Å². The molecule has 2 N–H and O–H groups in total. The van der Waals surface area contributed by atoms with Gasteiger partial charge in [0.1, 0.15) is 16.6 Å². The van der Waals surface area contributed by atoms with Gasteiger partial charge < -0.3 is 10.1 Å². The molecule has 0 aromatic heterocycles. The van der Waals surface area contributed by atoms with Crippen molar-refractivity contribution >= 4 is 34.6 Å². The first-order valence-corrected chi connectivity index (χ1v) is 13.3. The van der Waals surface area contributed by atoms with Crippen molar-refractivity contribution in [2.75, 3.05) is 0 Å². The first kappa shape index (κ1) is 27.4. The van der Waals surface area contributed by atoms with Crippen molar-refractivity contribution in [3.8, 4) is 11.1 Å². The second-order valence-corrected chi connectivity index (χ2v) is 11.1. The summed E-state index contributed by atoms with van der Waals surface area (Å²) in [5.74, 6) is -0.206. The largest absolute Gasteiger partial charge is 0.444 e. The molecule has 0 saturated heterocycles. The van der Waals surface area contributed by atoms with E-state index < -0.39 is 34.6 Å². The van der Waals surface area contributed by atoms with Gasteiger partial charge in [0.2, 0.25) is 5.91 Å². The van der Waals surface area contributed by atoms with Gasteiger partial charge in [-0.05, 0) is 61.6 Å². The van der Waals surface area contributed by atoms with E-state index in [1.807, 2.05) is 78.9 Å². The van der Waals surface area contributed by atoms with Crippen LogP contribution in [0.2, 0.25) is 5.02 Å². The van der Waals surface area contributed by atoms with Crippen molar-refractivity contribution in [2.24, 2.45) is 0 Å². The molecule has 3 aromatic carbocycles. The number of benzene rings is 3. The van der Waals surface area contributed by atoms with Crippen LogP contribution >= 0.6 is 11.6 Å². The number of hydrogen-bond donors (Lipinski definition) is 2. The number of carbonyl (C=O) groups is 2. The monoisotopic (exact) mass is 526 g/mol. The number of hydrogen-bond acceptors (Lipinski definition) is 4. The van der Waals surface area contributed by atoms with Crippen LogP contribution in [0.4, 0.5) is 4.79 Å². The predicted octanol–water partition coefficient (Wildman–Crippen LogP) is 5.81. The van der Waals surface area contributed by atoms with Crippen LogP contribution in [-0.4, -0.2) is 27.9 Å². The molecular formula is C28H31ClN2O4S. The third kappa shape index (κ3) is 9.47. The van der Waals surface area contributed by atoms with Crippen molar-refractivity contribution in [3.63, 3.8) is 0 Å². The van der Waals surface area contributed by atoms with E-state index in [0.717, 1.165) is 22.3 Å². The first-order chi connectivity index (χ1) is 17.1. The van der Waals surface area contributed by atoms with Crippen LogP contribution in [0.3, 0.4) is 0 Å². The SMILES string of the molecule is CC(C)(C)OC(=O)N[C@@H](CC(=O)NS(=O)Cc1ccccc1)Cc1ccc(-c2cccc(Cl)c2)cc1. The van der Waals surface area contributed by atoms with E-state index in [0.29, 0.717) is 11.4 Å². The first-order valence-electron chi connectivity index (χ1n) is 11.6. The predicted molar refractivity (Wildman–Crippen MR) is 145 cm³/mol. The Morgan fingerprint density at radius 1 is 0.917 bits per heavy atom. The normalized spacial score (nSPS) is 12.9. The fourth-order valence-electron chi connectivity index (χ4n) is 3.59. The van der Waals surface area contributed by atoms with Crippen molar-refractivity contribution in [3.05, 3.63) is 95.0 Å². The Hall–Kier alpha value is -3.16. The van der Waals surface area contributed by atoms with Crippen molar-refractivity contribution in [2.45, 2.75) is 51.0 Å². The summed E-state index contributed by atoms with van der Waals surface area (Å²) in [5, 5.41) is 3.45. The molecule has 0 spiro atoms. The molecule has 8 heteroatoms. The van der Waals surface area contributed by atoms with Crippen LogP contribution in [0.1, 0.15) is 38.3 Å². The van der Waals surface area contributed by atoms with Gasteiger partial charge >= 0.3 is 6.09 Å². The number of alkyl carbamates (subject to hydrolysis) is 1. The lowest BCUT2D eigenvalue weighted by molar-refractivity contribution is -0.119. The van der Waals surface area contributed by atoms with Gasteiger partial charge in [0.15, 0.2) is 0 Å². The molecule has 36 heavy (non-hydrogen) atoms. The third-order valence-electron chi connectivity index (χ3n) is 5.11. The second-order valence-electron chi connectivity index (χ2n) is 9.46. The molecule has 0 aliphatic carbocycles. The fourth-order valence-corrected chi connectivity index (χ4v) is 4.68. The van der Waals surface area contributed by atoms with Gasteiger partial charge in [0.05, 0.1) is 5.75 Å². The standard InChI is InChI=1S/C28H31ClN2O4S/c1-28(2,3)35-27(33)30-25(18-26(32)31-36(34)19-21-8-5-4-6-9-21)16-20-12-14-22(15-13-20)23-10-7-11-24(29)17-23/h4-15,17,25H,16,18-19H2,1-3H3,(H,30,33)(H,31,32)/t25-,36?/m1/s1. The number of ether oxygens (including phenoxy) is 1. The maximum absolute atomic E-state index is 12.7. The molecule has 6 nitrogen and oxygen atoms in total. The summed E-state index contributed by atoms with van der Waals surface area (Å²) in [5.41, 5.74) is 3.12. The maximum atomic E-state index is 12.7. The van der Waals surface area contributed by atoms with Gasteiger partial charge in [-0.1, -0.05) is 78.3 Å². The maximum Gasteiger partial charge on any atom is 0.407 e. The number of carbonyl (C=O) groups excluding carboxylic acids is 2. The number of halogens is 1. The lowest BCUT2D eigenvalue weighted by Crippen LogP contribution is -2.43. The van der Waals surface area contributed by atoms with Crippen LogP contribution in [0, 0.1) is 0 Å². The van der Waals surface area contributed by atoms with E-state index >= 15 is 0 Å². The van der Waals surface area contributed by atoms with E-state index in [2.05, 4.69) is 10.0 Å². The zero-order valence-corrected chi connectivity index (χ0v) is 22.2. The van der Waals surface area contributed by atoms with E-state index in [4.69, 9.17) is 16.3 Å². The summed E-state index contributed by atoms with van der Waals surface area (Å²) >= 11 is 6.11. The van der Waals surface area contributed by atoms with Crippen LogP contribution in [0.15, 0.2) is 78.9 Å². The van der Waals surface area contributed by atoms with Crippen LogP contribution in [0.25, 0.3) is 11.1 Å². The van der Waals surface area contributed by atoms with Gasteiger partial charge in [0.25, 0.3) is 0 Å². The second kappa shape index (κ2) is 12.7. The summed E-state index contributed by atoms with van der Waals surface area (Å²) in [6, 6.07) is 24.2. The number of nitrogens with one attached hydrogen (secondary N) is 2. The fraction of sp³-hybridized carbons (Fsp3) is 0.286. The molecule has 3 rings (SSSR count). The molecule has 0 aliphatic rings. The minimum atomic E-state index is -1.57. The molecule has 2 amide bonds. The highest BCUT2D eigenvalue weighted by molar-refractivity contribution is 7.82. The minimum absolute atomic E-state index is 0.0458. The molecular weight excluding hydrogens is 496 g/mol. The lowest BCUT2D eigenvalue weighted by Gasteiger charge is -2.23. The van der Waals surface area contributed by atoms with Gasteiger partial charge in [-0.3, -0.25) is 9.52 Å². The molecule has 190 valence electrons. The highest BCUT2D eigenvalue weighted by Gasteiger charge is 2.22. The van der Waals surface area contributed by atoms with Gasteiger partial charge in [-0.15, -0.1) is 0 Å². The molecule has 0 radical (unpaired) electrons. The van der Waals surface area contributed by atoms with E-state index in [-0.39, 0.29) is 12.2 Å². The topological polar surface area (TPSA) is 84.5 Å². The average molecular weight is 527 g/mol. The molecule has 0 saturated carbocycles. The number of amides is 2.